The van der Waals surface area contributed by atoms with E-state index in [1.165, 1.54) is 0 Å². The number of ether oxygens (including phenoxy) is 2. The van der Waals surface area contributed by atoms with Crippen LogP contribution in [0.5, 0.6) is 0 Å². The first-order valence-electron chi connectivity index (χ1n) is 17.2. The lowest BCUT2D eigenvalue weighted by molar-refractivity contribution is -0.149. The van der Waals surface area contributed by atoms with E-state index >= 15 is 0 Å². The van der Waals surface area contributed by atoms with Gasteiger partial charge in [-0.3, -0.25) is 14.6 Å². The maximum Gasteiger partial charge on any atom is 0.350 e. The summed E-state index contributed by atoms with van der Waals surface area (Å²) in [5.74, 6) is -0.949. The van der Waals surface area contributed by atoms with Gasteiger partial charge in [0.05, 0.1) is 12.6 Å². The molecule has 4 atom stereocenters. The largest absolute Gasteiger partial charge is 0.463 e. The fourth-order valence-electron chi connectivity index (χ4n) is 7.73. The van der Waals surface area contributed by atoms with E-state index in [4.69, 9.17) is 20.9 Å². The van der Waals surface area contributed by atoms with Gasteiger partial charge in [0.15, 0.2) is 17.3 Å². The number of Topliss-reactive ketones (excluding diaryl/α,β-unsaturated/α-hetero) is 2. The first-order chi connectivity index (χ1) is 23.1. The van der Waals surface area contributed by atoms with Gasteiger partial charge in [-0.15, -0.1) is 0 Å². The average Bonchev–Trinajstić information content (AvgIpc) is 3.57. The maximum absolute atomic E-state index is 14.3. The molecule has 2 aliphatic carbocycles. The van der Waals surface area contributed by atoms with E-state index in [0.29, 0.717) is 12.4 Å². The van der Waals surface area contributed by atoms with Gasteiger partial charge in [0, 0.05) is 48.7 Å². The number of epoxide rings is 1. The van der Waals surface area contributed by atoms with Crippen molar-refractivity contribution in [2.24, 2.45) is 22.1 Å². The Morgan fingerprint density at radius 1 is 1.15 bits per heavy atom. The summed E-state index contributed by atoms with van der Waals surface area (Å²) < 4.78 is 12.1. The molecule has 6 N–H and O–H groups in total. The lowest BCUT2D eigenvalue weighted by Crippen LogP contribution is -2.50. The molecule has 2 fully saturated rings. The van der Waals surface area contributed by atoms with E-state index in [0.717, 1.165) is 62.6 Å². The van der Waals surface area contributed by atoms with Crippen LogP contribution in [0.1, 0.15) is 104 Å². The van der Waals surface area contributed by atoms with Crippen LogP contribution in [0.25, 0.3) is 0 Å². The Kier molecular flexibility index (Phi) is 10.7. The lowest BCUT2D eigenvalue weighted by atomic mass is 9.68. The lowest BCUT2D eigenvalue weighted by Gasteiger charge is -2.40. The number of nitrogen functional groups attached to an aromatic ring is 1. The third-order valence-electron chi connectivity index (χ3n) is 10.5. The van der Waals surface area contributed by atoms with Crippen molar-refractivity contribution in [3.05, 3.63) is 70.9 Å². The quantitative estimate of drug-likeness (QED) is 0.0525. The number of anilines is 1. The summed E-state index contributed by atoms with van der Waals surface area (Å²) in [6.45, 7) is 7.80. The summed E-state index contributed by atoms with van der Waals surface area (Å²) in [4.78, 5) is 50.8. The molecule has 3 aliphatic rings. The molecule has 1 aliphatic heterocycles. The number of hydrogen-bond donors (Lipinski definition) is 4. The first kappa shape index (κ1) is 35.2. The molecule has 11 heteroatoms. The van der Waals surface area contributed by atoms with Crippen LogP contribution in [0, 0.1) is 11.3 Å². The normalized spacial score (nSPS) is 24.4. The molecule has 5 rings (SSSR count). The standard InChI is InChI=1S/C37H50N6O5/c1-5-7-12-25(22-41-6-2)23-47-33(46)37-32(45)28-14-9-8-13-27(28)31(44)36(37,48-37)19-15-24(3)35(17-10-11-18-35)30(43-34(39)40-4)26-16-20-42-29(38)21-26/h8-9,13-16,20-21,25,30,41H,5-7,10-12,17-19,22-23H2,1-4H3,(H2,38,42)(H3,39,40,43). The van der Waals surface area contributed by atoms with E-state index in [1.54, 1.807) is 37.5 Å². The molecule has 0 amide bonds. The van der Waals surface area contributed by atoms with Crippen LogP contribution < -0.4 is 22.1 Å². The number of carbonyl (C=O) groups is 3. The van der Waals surface area contributed by atoms with Crippen LogP contribution in [0.4, 0.5) is 5.82 Å². The van der Waals surface area contributed by atoms with Gasteiger partial charge >= 0.3 is 5.97 Å². The number of aliphatic imine (C=N–C) groups is 1. The van der Waals surface area contributed by atoms with Crippen LogP contribution in [-0.2, 0) is 14.3 Å². The number of hydrogen-bond acceptors (Lipinski definition) is 9. The summed E-state index contributed by atoms with van der Waals surface area (Å²) in [6, 6.07) is 10.1. The molecular formula is C37H50N6O5. The zero-order valence-electron chi connectivity index (χ0n) is 28.6. The molecule has 1 saturated heterocycles. The van der Waals surface area contributed by atoms with Crippen molar-refractivity contribution in [3.8, 4) is 0 Å². The van der Waals surface area contributed by atoms with Crippen LogP contribution in [0.3, 0.4) is 0 Å². The number of nitrogens with one attached hydrogen (secondary N) is 2. The average molecular weight is 659 g/mol. The van der Waals surface area contributed by atoms with Crippen molar-refractivity contribution in [2.75, 3.05) is 32.5 Å². The van der Waals surface area contributed by atoms with Gasteiger partial charge in [0.2, 0.25) is 5.78 Å². The molecule has 0 spiro atoms. The SMILES string of the molecule is CCCCC(CNCC)COC(=O)C12OC1(CC=C(C)C1(C(NC(N)=NC)c3ccnc(N)c3)CCCC1)C(=O)c1ccccc1C2=O. The zero-order valence-corrected chi connectivity index (χ0v) is 28.6. The molecule has 1 aromatic carbocycles. The van der Waals surface area contributed by atoms with Crippen molar-refractivity contribution in [2.45, 2.75) is 89.4 Å². The summed E-state index contributed by atoms with van der Waals surface area (Å²) in [5.41, 5.74) is 10.6. The molecule has 1 aromatic heterocycles. The Labute approximate surface area is 283 Å². The van der Waals surface area contributed by atoms with E-state index < -0.39 is 28.4 Å². The third kappa shape index (κ3) is 6.25. The number of ketones is 2. The minimum Gasteiger partial charge on any atom is -0.463 e. The van der Waals surface area contributed by atoms with Crippen molar-refractivity contribution >= 4 is 29.3 Å². The molecule has 1 saturated carbocycles. The van der Waals surface area contributed by atoms with Crippen molar-refractivity contribution in [1.29, 1.82) is 0 Å². The number of rotatable bonds is 15. The first-order valence-corrected chi connectivity index (χ1v) is 17.2. The fourth-order valence-corrected chi connectivity index (χ4v) is 7.73. The summed E-state index contributed by atoms with van der Waals surface area (Å²) >= 11 is 0. The van der Waals surface area contributed by atoms with Crippen LogP contribution in [0.15, 0.2) is 59.2 Å². The Balaban J connectivity index is 1.50. The van der Waals surface area contributed by atoms with Gasteiger partial charge < -0.3 is 31.6 Å². The third-order valence-corrected chi connectivity index (χ3v) is 10.5. The number of nitrogens with zero attached hydrogens (tertiary/aromatic N) is 2. The molecule has 258 valence electrons. The highest BCUT2D eigenvalue weighted by Crippen LogP contribution is 2.60. The van der Waals surface area contributed by atoms with Gasteiger partial charge in [-0.1, -0.05) is 75.4 Å². The van der Waals surface area contributed by atoms with Crippen LogP contribution in [-0.4, -0.2) is 66.4 Å². The second-order valence-corrected chi connectivity index (χ2v) is 13.4. The van der Waals surface area contributed by atoms with Gasteiger partial charge in [-0.2, -0.15) is 0 Å². The monoisotopic (exact) mass is 658 g/mol. The number of unbranched alkanes of at least 4 members (excludes halogenated alkanes) is 1. The summed E-state index contributed by atoms with van der Waals surface area (Å²) in [7, 11) is 1.63. The van der Waals surface area contributed by atoms with Gasteiger partial charge in [0.25, 0.3) is 5.60 Å². The molecule has 0 radical (unpaired) electrons. The second-order valence-electron chi connectivity index (χ2n) is 13.4. The molecule has 4 unspecified atom stereocenters. The van der Waals surface area contributed by atoms with E-state index in [1.807, 2.05) is 32.1 Å². The number of guanidine groups is 1. The number of pyridine rings is 1. The highest BCUT2D eigenvalue weighted by molar-refractivity contribution is 6.32. The Morgan fingerprint density at radius 3 is 2.50 bits per heavy atom. The Hall–Kier alpha value is -4.09. The minimum absolute atomic E-state index is 0.0355. The minimum atomic E-state index is -2.03. The predicted molar refractivity (Wildman–Crippen MR) is 186 cm³/mol. The topological polar surface area (TPSA) is 174 Å². The number of nitrogens with two attached hydrogens (primary N) is 2. The zero-order chi connectivity index (χ0) is 34.5. The highest BCUT2D eigenvalue weighted by Gasteiger charge is 2.85. The number of benzene rings is 1. The highest BCUT2D eigenvalue weighted by atomic mass is 16.7. The molecule has 2 aromatic rings. The van der Waals surface area contributed by atoms with E-state index in [2.05, 4.69) is 27.5 Å². The Bertz CT molecular complexity index is 1580. The summed E-state index contributed by atoms with van der Waals surface area (Å²) in [5, 5.41) is 6.75. The van der Waals surface area contributed by atoms with E-state index in [-0.39, 0.29) is 47.9 Å². The number of carbonyl (C=O) groups excluding carboxylic acids is 3. The second kappa shape index (κ2) is 14.6. The van der Waals surface area contributed by atoms with Gasteiger partial charge in [-0.05, 0) is 50.4 Å². The molecular weight excluding hydrogens is 608 g/mol. The smallest absolute Gasteiger partial charge is 0.350 e. The van der Waals surface area contributed by atoms with E-state index in [9.17, 15) is 14.4 Å². The molecule has 2 heterocycles. The maximum atomic E-state index is 14.3. The fraction of sp³-hybridized carbons (Fsp3) is 0.541. The summed E-state index contributed by atoms with van der Waals surface area (Å²) in [6.07, 6.45) is 10.2. The number of aromatic nitrogens is 1. The Morgan fingerprint density at radius 2 is 1.85 bits per heavy atom. The van der Waals surface area contributed by atoms with Crippen LogP contribution in [0.2, 0.25) is 0 Å². The molecule has 48 heavy (non-hydrogen) atoms. The predicted octanol–water partition coefficient (Wildman–Crippen LogP) is 4.68. The van der Waals surface area contributed by atoms with Gasteiger partial charge in [-0.25, -0.2) is 9.78 Å². The van der Waals surface area contributed by atoms with Crippen LogP contribution >= 0.6 is 0 Å². The number of fused-ring (bicyclic) bond motifs is 2. The van der Waals surface area contributed by atoms with Crippen molar-refractivity contribution < 1.29 is 23.9 Å². The van der Waals surface area contributed by atoms with Crippen molar-refractivity contribution in [3.63, 3.8) is 0 Å². The molecule has 0 bridgehead atoms. The number of esters is 1. The van der Waals surface area contributed by atoms with Gasteiger partial charge in [0.1, 0.15) is 5.82 Å². The molecule has 11 nitrogen and oxygen atoms in total. The van der Waals surface area contributed by atoms with Crippen molar-refractivity contribution in [1.82, 2.24) is 15.6 Å².